The molecule has 1 atom stereocenters. The molecular weight excluding hydrogens is 360 g/mol. The second kappa shape index (κ2) is 22.3. The third-order valence-corrected chi connectivity index (χ3v) is 4.34. The molecular formula is C22H42O6. The van der Waals surface area contributed by atoms with Gasteiger partial charge in [-0.05, 0) is 6.42 Å². The van der Waals surface area contributed by atoms with Gasteiger partial charge in [0.15, 0.2) is 0 Å². The average Bonchev–Trinajstić information content (AvgIpc) is 2.71. The number of rotatable bonds is 22. The second-order valence-corrected chi connectivity index (χ2v) is 6.81. The van der Waals surface area contributed by atoms with Crippen molar-refractivity contribution in [2.45, 2.75) is 70.8 Å². The number of carbonyl (C=O) groups is 1. The second-order valence-electron chi connectivity index (χ2n) is 6.81. The highest BCUT2D eigenvalue weighted by Gasteiger charge is 2.11. The summed E-state index contributed by atoms with van der Waals surface area (Å²) in [6, 6.07) is 0. The van der Waals surface area contributed by atoms with Gasteiger partial charge in [-0.2, -0.15) is 0 Å². The quantitative estimate of drug-likeness (QED) is 0.153. The third kappa shape index (κ3) is 19.8. The molecule has 28 heavy (non-hydrogen) atoms. The molecule has 0 aliphatic heterocycles. The maximum Gasteiger partial charge on any atom is 0.330 e. The van der Waals surface area contributed by atoms with Crippen LogP contribution in [0, 0.1) is 0 Å². The molecule has 0 aromatic carbocycles. The first kappa shape index (κ1) is 27.0. The van der Waals surface area contributed by atoms with Crippen LogP contribution in [-0.4, -0.2) is 65.4 Å². The van der Waals surface area contributed by atoms with Gasteiger partial charge < -0.3 is 23.7 Å². The Morgan fingerprint density at radius 3 is 2.04 bits per heavy atom. The first-order valence-corrected chi connectivity index (χ1v) is 10.8. The van der Waals surface area contributed by atoms with Gasteiger partial charge in [-0.1, -0.05) is 64.9 Å². The summed E-state index contributed by atoms with van der Waals surface area (Å²) < 4.78 is 26.7. The van der Waals surface area contributed by atoms with Crippen molar-refractivity contribution in [3.8, 4) is 0 Å². The minimum Gasteiger partial charge on any atom is -0.460 e. The fourth-order valence-electron chi connectivity index (χ4n) is 2.69. The Bertz CT molecular complexity index is 348. The van der Waals surface area contributed by atoms with Gasteiger partial charge in [-0.15, -0.1) is 0 Å². The van der Waals surface area contributed by atoms with Crippen LogP contribution < -0.4 is 0 Å². The zero-order valence-corrected chi connectivity index (χ0v) is 18.1. The van der Waals surface area contributed by atoms with E-state index in [0.717, 1.165) is 12.8 Å². The van der Waals surface area contributed by atoms with Crippen LogP contribution in [0.2, 0.25) is 0 Å². The Hall–Kier alpha value is -0.950. The Morgan fingerprint density at radius 2 is 1.43 bits per heavy atom. The number of methoxy groups -OCH3 is 1. The highest BCUT2D eigenvalue weighted by molar-refractivity contribution is 5.81. The molecule has 0 fully saturated rings. The van der Waals surface area contributed by atoms with E-state index in [2.05, 4.69) is 13.5 Å². The molecule has 0 N–H and O–H groups in total. The number of ether oxygens (including phenoxy) is 5. The number of carbonyl (C=O) groups excluding carboxylic acids is 1. The minimum atomic E-state index is -0.408. The Kier molecular flexibility index (Phi) is 21.6. The normalized spacial score (nSPS) is 12.1. The number of esters is 1. The van der Waals surface area contributed by atoms with E-state index in [4.69, 9.17) is 23.7 Å². The summed E-state index contributed by atoms with van der Waals surface area (Å²) in [6.45, 7) is 9.14. The van der Waals surface area contributed by atoms with Crippen molar-refractivity contribution < 1.29 is 28.5 Å². The van der Waals surface area contributed by atoms with Crippen LogP contribution in [0.5, 0.6) is 0 Å². The van der Waals surface area contributed by atoms with Crippen molar-refractivity contribution in [2.75, 3.05) is 53.4 Å². The molecule has 0 aliphatic carbocycles. The minimum absolute atomic E-state index is 0.0921. The topological polar surface area (TPSA) is 63.2 Å². The van der Waals surface area contributed by atoms with E-state index < -0.39 is 5.97 Å². The molecule has 166 valence electrons. The molecule has 0 spiro atoms. The lowest BCUT2D eigenvalue weighted by Gasteiger charge is -2.18. The third-order valence-electron chi connectivity index (χ3n) is 4.34. The van der Waals surface area contributed by atoms with E-state index in [1.54, 1.807) is 7.11 Å². The first-order chi connectivity index (χ1) is 13.7. The van der Waals surface area contributed by atoms with Crippen molar-refractivity contribution in [1.82, 2.24) is 0 Å². The zero-order chi connectivity index (χ0) is 20.7. The lowest BCUT2D eigenvalue weighted by atomic mass is 10.1. The van der Waals surface area contributed by atoms with Gasteiger partial charge in [0.05, 0.1) is 45.7 Å². The van der Waals surface area contributed by atoms with Gasteiger partial charge in [-0.3, -0.25) is 0 Å². The molecule has 0 saturated heterocycles. The van der Waals surface area contributed by atoms with Crippen LogP contribution in [0.4, 0.5) is 0 Å². The van der Waals surface area contributed by atoms with E-state index in [1.807, 2.05) is 0 Å². The monoisotopic (exact) mass is 402 g/mol. The van der Waals surface area contributed by atoms with Gasteiger partial charge in [0, 0.05) is 13.2 Å². The standard InChI is InChI=1S/C22H42O6/c1-4-6-7-8-9-10-11-12-13-21(20-28-22(23)5-2)27-19-18-26-17-16-25-15-14-24-3/h5,21H,2,4,6-20H2,1,3H3. The number of hydrogen-bond acceptors (Lipinski definition) is 6. The smallest absolute Gasteiger partial charge is 0.330 e. The summed E-state index contributed by atoms with van der Waals surface area (Å²) in [5.41, 5.74) is 0. The summed E-state index contributed by atoms with van der Waals surface area (Å²) in [5.74, 6) is -0.408. The van der Waals surface area contributed by atoms with E-state index in [9.17, 15) is 4.79 Å². The molecule has 0 aromatic heterocycles. The van der Waals surface area contributed by atoms with Crippen LogP contribution in [0.1, 0.15) is 64.7 Å². The molecule has 0 saturated carbocycles. The number of hydrogen-bond donors (Lipinski definition) is 0. The SMILES string of the molecule is C=CC(=O)OCC(CCCCCCCCCC)OCCOCCOCCOC. The van der Waals surface area contributed by atoms with Crippen molar-refractivity contribution in [3.05, 3.63) is 12.7 Å². The Morgan fingerprint density at radius 1 is 0.857 bits per heavy atom. The first-order valence-electron chi connectivity index (χ1n) is 10.8. The summed E-state index contributed by atoms with van der Waals surface area (Å²) in [5, 5.41) is 0. The number of unbranched alkanes of at least 4 members (excludes halogenated alkanes) is 7. The molecule has 0 bridgehead atoms. The lowest BCUT2D eigenvalue weighted by molar-refractivity contribution is -0.142. The van der Waals surface area contributed by atoms with E-state index in [-0.39, 0.29) is 12.7 Å². The Balaban J connectivity index is 3.78. The molecule has 6 nitrogen and oxygen atoms in total. The molecule has 6 heteroatoms. The maximum atomic E-state index is 11.3. The van der Waals surface area contributed by atoms with Crippen LogP contribution in [0.15, 0.2) is 12.7 Å². The summed E-state index contributed by atoms with van der Waals surface area (Å²) in [4.78, 5) is 11.3. The highest BCUT2D eigenvalue weighted by Crippen LogP contribution is 2.12. The molecule has 0 amide bonds. The average molecular weight is 403 g/mol. The van der Waals surface area contributed by atoms with Gasteiger partial charge in [0.2, 0.25) is 0 Å². The van der Waals surface area contributed by atoms with Crippen molar-refractivity contribution in [2.24, 2.45) is 0 Å². The molecule has 1 unspecified atom stereocenters. The van der Waals surface area contributed by atoms with Crippen molar-refractivity contribution >= 4 is 5.97 Å². The predicted octanol–water partition coefficient (Wildman–Crippen LogP) is 4.31. The van der Waals surface area contributed by atoms with Crippen molar-refractivity contribution in [3.63, 3.8) is 0 Å². The van der Waals surface area contributed by atoms with Crippen LogP contribution in [-0.2, 0) is 28.5 Å². The summed E-state index contributed by atoms with van der Waals surface area (Å²) in [7, 11) is 1.65. The van der Waals surface area contributed by atoms with E-state index >= 15 is 0 Å². The predicted molar refractivity (Wildman–Crippen MR) is 112 cm³/mol. The van der Waals surface area contributed by atoms with Crippen LogP contribution >= 0.6 is 0 Å². The van der Waals surface area contributed by atoms with E-state index in [1.165, 1.54) is 51.0 Å². The molecule has 0 radical (unpaired) electrons. The lowest BCUT2D eigenvalue weighted by Crippen LogP contribution is -2.24. The molecule has 0 aliphatic rings. The molecule has 0 rings (SSSR count). The van der Waals surface area contributed by atoms with E-state index in [0.29, 0.717) is 39.6 Å². The van der Waals surface area contributed by atoms with Gasteiger partial charge in [-0.25, -0.2) is 4.79 Å². The molecule has 0 heterocycles. The fraction of sp³-hybridized carbons (Fsp3) is 0.864. The highest BCUT2D eigenvalue weighted by atomic mass is 16.6. The Labute approximate surface area is 171 Å². The maximum absolute atomic E-state index is 11.3. The van der Waals surface area contributed by atoms with Gasteiger partial charge in [0.1, 0.15) is 6.61 Å². The van der Waals surface area contributed by atoms with Gasteiger partial charge >= 0.3 is 5.97 Å². The molecule has 0 aromatic rings. The zero-order valence-electron chi connectivity index (χ0n) is 18.1. The van der Waals surface area contributed by atoms with Crippen LogP contribution in [0.3, 0.4) is 0 Å². The summed E-state index contributed by atoms with van der Waals surface area (Å²) in [6.07, 6.45) is 12.1. The van der Waals surface area contributed by atoms with Crippen molar-refractivity contribution in [1.29, 1.82) is 0 Å². The largest absolute Gasteiger partial charge is 0.460 e. The fourth-order valence-corrected chi connectivity index (χ4v) is 2.69. The van der Waals surface area contributed by atoms with Gasteiger partial charge in [0.25, 0.3) is 0 Å². The summed E-state index contributed by atoms with van der Waals surface area (Å²) >= 11 is 0. The van der Waals surface area contributed by atoms with Crippen LogP contribution in [0.25, 0.3) is 0 Å².